The second-order valence-electron chi connectivity index (χ2n) is 4.73. The van der Waals surface area contributed by atoms with E-state index in [9.17, 15) is 18.3 Å². The van der Waals surface area contributed by atoms with Gasteiger partial charge in [-0.25, -0.2) is 8.42 Å². The van der Waals surface area contributed by atoms with Crippen LogP contribution in [-0.4, -0.2) is 47.6 Å². The lowest BCUT2D eigenvalue weighted by molar-refractivity contribution is -0.140. The SMILES string of the molecule is Cc1cc(Cl)ccc1S(=O)(=O)N1C[C@H](O)C[C@@H]1C(=O)O. The van der Waals surface area contributed by atoms with Gasteiger partial charge < -0.3 is 10.2 Å². The number of aryl methyl sites for hydroxylation is 1. The van der Waals surface area contributed by atoms with Crippen molar-refractivity contribution in [2.75, 3.05) is 6.54 Å². The molecule has 8 heteroatoms. The molecule has 1 aliphatic rings. The fourth-order valence-electron chi connectivity index (χ4n) is 2.30. The standard InChI is InChI=1S/C12H14ClNO5S/c1-7-4-8(13)2-3-11(7)20(18,19)14-6-9(15)5-10(14)12(16)17/h2-4,9-10,15H,5-6H2,1H3,(H,16,17)/t9-,10-/m1/s1. The highest BCUT2D eigenvalue weighted by atomic mass is 35.5. The zero-order chi connectivity index (χ0) is 15.1. The molecule has 0 amide bonds. The Kier molecular flexibility index (Phi) is 4.06. The molecule has 0 aromatic heterocycles. The van der Waals surface area contributed by atoms with Crippen molar-refractivity contribution in [3.05, 3.63) is 28.8 Å². The number of halogens is 1. The Hall–Kier alpha value is -1.15. The van der Waals surface area contributed by atoms with Gasteiger partial charge in [0.2, 0.25) is 10.0 Å². The largest absolute Gasteiger partial charge is 0.480 e. The number of sulfonamides is 1. The summed E-state index contributed by atoms with van der Waals surface area (Å²) >= 11 is 5.79. The van der Waals surface area contributed by atoms with Gasteiger partial charge in [0.25, 0.3) is 0 Å². The predicted molar refractivity (Wildman–Crippen MR) is 72.1 cm³/mol. The normalized spacial score (nSPS) is 23.9. The minimum atomic E-state index is -3.98. The first-order chi connectivity index (χ1) is 9.23. The Morgan fingerprint density at radius 2 is 2.10 bits per heavy atom. The summed E-state index contributed by atoms with van der Waals surface area (Å²) in [5.74, 6) is -1.27. The van der Waals surface area contributed by atoms with Crippen molar-refractivity contribution < 1.29 is 23.4 Å². The first-order valence-electron chi connectivity index (χ1n) is 5.92. The second-order valence-corrected chi connectivity index (χ2v) is 7.02. The zero-order valence-corrected chi connectivity index (χ0v) is 12.2. The maximum Gasteiger partial charge on any atom is 0.322 e. The molecule has 0 bridgehead atoms. The molecule has 1 aromatic carbocycles. The van der Waals surface area contributed by atoms with Gasteiger partial charge in [-0.2, -0.15) is 4.31 Å². The zero-order valence-electron chi connectivity index (χ0n) is 10.7. The van der Waals surface area contributed by atoms with E-state index in [2.05, 4.69) is 0 Å². The van der Waals surface area contributed by atoms with Crippen molar-refractivity contribution in [3.63, 3.8) is 0 Å². The molecule has 110 valence electrons. The van der Waals surface area contributed by atoms with E-state index in [-0.39, 0.29) is 17.9 Å². The molecule has 20 heavy (non-hydrogen) atoms. The van der Waals surface area contributed by atoms with Gasteiger partial charge in [0.15, 0.2) is 0 Å². The number of carboxylic acid groups (broad SMARTS) is 1. The smallest absolute Gasteiger partial charge is 0.322 e. The van der Waals surface area contributed by atoms with Gasteiger partial charge in [-0.15, -0.1) is 0 Å². The Bertz CT molecular complexity index is 645. The monoisotopic (exact) mass is 319 g/mol. The topological polar surface area (TPSA) is 94.9 Å². The number of β-amino-alcohol motifs (C(OH)–C–C–N with tert-alkyl or cyclic N) is 1. The number of hydrogen-bond donors (Lipinski definition) is 2. The molecular formula is C12H14ClNO5S. The molecule has 2 atom stereocenters. The lowest BCUT2D eigenvalue weighted by Crippen LogP contribution is -2.40. The summed E-state index contributed by atoms with van der Waals surface area (Å²) < 4.78 is 25.9. The first-order valence-corrected chi connectivity index (χ1v) is 7.74. The molecule has 6 nitrogen and oxygen atoms in total. The highest BCUT2D eigenvalue weighted by Gasteiger charge is 2.43. The van der Waals surface area contributed by atoms with Crippen LogP contribution in [0.25, 0.3) is 0 Å². The first kappa shape index (κ1) is 15.2. The fraction of sp³-hybridized carbons (Fsp3) is 0.417. The second kappa shape index (κ2) is 5.33. The number of hydrogen-bond acceptors (Lipinski definition) is 4. The van der Waals surface area contributed by atoms with E-state index in [1.807, 2.05) is 0 Å². The van der Waals surface area contributed by atoms with E-state index in [1.165, 1.54) is 18.2 Å². The van der Waals surface area contributed by atoms with E-state index in [1.54, 1.807) is 6.92 Å². The Labute approximate surface area is 121 Å². The summed E-state index contributed by atoms with van der Waals surface area (Å²) in [7, 11) is -3.98. The number of aliphatic hydroxyl groups is 1. The summed E-state index contributed by atoms with van der Waals surface area (Å²) in [5.41, 5.74) is 0.433. The van der Waals surface area contributed by atoms with Crippen LogP contribution in [0.15, 0.2) is 23.1 Å². The summed E-state index contributed by atoms with van der Waals surface area (Å²) in [6.07, 6.45) is -1.08. The van der Waals surface area contributed by atoms with Crippen LogP contribution in [0.2, 0.25) is 5.02 Å². The predicted octanol–water partition coefficient (Wildman–Crippen LogP) is 0.857. The van der Waals surface area contributed by atoms with Crippen LogP contribution in [-0.2, 0) is 14.8 Å². The summed E-state index contributed by atoms with van der Waals surface area (Å²) in [6, 6.07) is 3.03. The van der Waals surface area contributed by atoms with Gasteiger partial charge in [-0.1, -0.05) is 11.6 Å². The fourth-order valence-corrected chi connectivity index (χ4v) is 4.37. The van der Waals surface area contributed by atoms with Crippen LogP contribution in [0.3, 0.4) is 0 Å². The average Bonchev–Trinajstić information content (AvgIpc) is 2.71. The molecule has 0 radical (unpaired) electrons. The van der Waals surface area contributed by atoms with E-state index in [4.69, 9.17) is 16.7 Å². The quantitative estimate of drug-likeness (QED) is 0.861. The molecule has 1 fully saturated rings. The molecular weight excluding hydrogens is 306 g/mol. The van der Waals surface area contributed by atoms with E-state index < -0.39 is 28.1 Å². The molecule has 2 N–H and O–H groups in total. The lowest BCUT2D eigenvalue weighted by Gasteiger charge is -2.21. The number of rotatable bonds is 3. The van der Waals surface area contributed by atoms with Gasteiger partial charge in [0.05, 0.1) is 11.0 Å². The minimum Gasteiger partial charge on any atom is -0.480 e. The van der Waals surface area contributed by atoms with E-state index in [0.29, 0.717) is 10.6 Å². The highest BCUT2D eigenvalue weighted by molar-refractivity contribution is 7.89. The van der Waals surface area contributed by atoms with E-state index >= 15 is 0 Å². The third-order valence-corrected chi connectivity index (χ3v) is 5.51. The number of aliphatic hydroxyl groups excluding tert-OH is 1. The molecule has 1 aromatic rings. The van der Waals surface area contributed by atoms with Crippen LogP contribution in [0, 0.1) is 6.92 Å². The van der Waals surface area contributed by atoms with E-state index in [0.717, 1.165) is 4.31 Å². The van der Waals surface area contributed by atoms with Gasteiger partial charge in [0.1, 0.15) is 6.04 Å². The van der Waals surface area contributed by atoms with Crippen molar-refractivity contribution in [1.29, 1.82) is 0 Å². The number of benzene rings is 1. The molecule has 1 aliphatic heterocycles. The van der Waals surface area contributed by atoms with Crippen LogP contribution >= 0.6 is 11.6 Å². The maximum atomic E-state index is 12.5. The third-order valence-electron chi connectivity index (χ3n) is 3.24. The minimum absolute atomic E-state index is 0.00208. The van der Waals surface area contributed by atoms with Gasteiger partial charge in [-0.3, -0.25) is 4.79 Å². The van der Waals surface area contributed by atoms with Crippen LogP contribution in [0.4, 0.5) is 0 Å². The van der Waals surface area contributed by atoms with Crippen LogP contribution in [0.5, 0.6) is 0 Å². The number of carboxylic acids is 1. The van der Waals surface area contributed by atoms with Crippen molar-refractivity contribution in [3.8, 4) is 0 Å². The van der Waals surface area contributed by atoms with Crippen molar-refractivity contribution in [1.82, 2.24) is 4.31 Å². The van der Waals surface area contributed by atoms with Gasteiger partial charge in [-0.05, 0) is 30.7 Å². The molecule has 2 rings (SSSR count). The molecule has 1 heterocycles. The molecule has 0 spiro atoms. The van der Waals surface area contributed by atoms with Crippen LogP contribution in [0.1, 0.15) is 12.0 Å². The molecule has 0 aliphatic carbocycles. The summed E-state index contributed by atoms with van der Waals surface area (Å²) in [4.78, 5) is 11.1. The maximum absolute atomic E-state index is 12.5. The average molecular weight is 320 g/mol. The third kappa shape index (κ3) is 2.67. The van der Waals surface area contributed by atoms with Gasteiger partial charge in [0, 0.05) is 18.0 Å². The van der Waals surface area contributed by atoms with Crippen molar-refractivity contribution in [2.24, 2.45) is 0 Å². The molecule has 1 saturated heterocycles. The highest BCUT2D eigenvalue weighted by Crippen LogP contribution is 2.29. The Morgan fingerprint density at radius 1 is 1.45 bits per heavy atom. The van der Waals surface area contributed by atoms with Crippen molar-refractivity contribution >= 4 is 27.6 Å². The number of nitrogens with zero attached hydrogens (tertiary/aromatic N) is 1. The van der Waals surface area contributed by atoms with Crippen LogP contribution < -0.4 is 0 Å². The van der Waals surface area contributed by atoms with Crippen molar-refractivity contribution in [2.45, 2.75) is 30.4 Å². The molecule has 0 saturated carbocycles. The Morgan fingerprint density at radius 3 is 2.65 bits per heavy atom. The summed E-state index contributed by atoms with van der Waals surface area (Å²) in [5, 5.41) is 19.0. The number of carbonyl (C=O) groups is 1. The summed E-state index contributed by atoms with van der Waals surface area (Å²) in [6.45, 7) is 1.36. The Balaban J connectivity index is 2.46. The number of aliphatic carboxylic acids is 1. The lowest BCUT2D eigenvalue weighted by atomic mass is 10.2. The molecule has 0 unspecified atom stereocenters. The van der Waals surface area contributed by atoms with Gasteiger partial charge >= 0.3 is 5.97 Å².